The van der Waals surface area contributed by atoms with Crippen molar-refractivity contribution < 1.29 is 4.79 Å². The summed E-state index contributed by atoms with van der Waals surface area (Å²) in [5, 5.41) is 2.99. The van der Waals surface area contributed by atoms with Crippen LogP contribution in [-0.2, 0) is 4.79 Å². The van der Waals surface area contributed by atoms with Crippen LogP contribution >= 0.6 is 0 Å². The van der Waals surface area contributed by atoms with Gasteiger partial charge >= 0.3 is 0 Å². The highest BCUT2D eigenvalue weighted by Crippen LogP contribution is 2.09. The molecule has 0 aliphatic carbocycles. The number of nitrogens with two attached hydrogens (primary N) is 1. The quantitative estimate of drug-likeness (QED) is 0.657. The zero-order chi connectivity index (χ0) is 11.0. The Morgan fingerprint density at radius 1 is 1.43 bits per heavy atom. The molecule has 2 atom stereocenters. The monoisotopic (exact) mass is 200 g/mol. The molecule has 0 fully saturated rings. The SMILES string of the molecule is CCC(C)CC(C)NC(=O)CCCN. The second kappa shape index (κ2) is 7.80. The van der Waals surface area contributed by atoms with E-state index in [1.54, 1.807) is 0 Å². The van der Waals surface area contributed by atoms with E-state index in [1.165, 1.54) is 6.42 Å². The lowest BCUT2D eigenvalue weighted by Gasteiger charge is -2.17. The standard InChI is InChI=1S/C11H24N2O/c1-4-9(2)8-10(3)13-11(14)6-5-7-12/h9-10H,4-8,12H2,1-3H3,(H,13,14). The molecule has 0 aromatic heterocycles. The topological polar surface area (TPSA) is 55.1 Å². The van der Waals surface area contributed by atoms with Crippen LogP contribution in [0.15, 0.2) is 0 Å². The molecule has 3 N–H and O–H groups in total. The minimum absolute atomic E-state index is 0.131. The van der Waals surface area contributed by atoms with Crippen molar-refractivity contribution in [2.24, 2.45) is 11.7 Å². The summed E-state index contributed by atoms with van der Waals surface area (Å²) >= 11 is 0. The molecule has 84 valence electrons. The largest absolute Gasteiger partial charge is 0.354 e. The highest BCUT2D eigenvalue weighted by atomic mass is 16.1. The van der Waals surface area contributed by atoms with Crippen molar-refractivity contribution in [2.45, 2.75) is 52.5 Å². The van der Waals surface area contributed by atoms with Crippen molar-refractivity contribution >= 4 is 5.91 Å². The van der Waals surface area contributed by atoms with Crippen molar-refractivity contribution in [1.82, 2.24) is 5.32 Å². The fourth-order valence-corrected chi connectivity index (χ4v) is 1.44. The Morgan fingerprint density at radius 2 is 2.07 bits per heavy atom. The molecular formula is C11H24N2O. The van der Waals surface area contributed by atoms with Crippen LogP contribution in [0.2, 0.25) is 0 Å². The van der Waals surface area contributed by atoms with E-state index >= 15 is 0 Å². The summed E-state index contributed by atoms with van der Waals surface area (Å²) in [5.74, 6) is 0.811. The van der Waals surface area contributed by atoms with Gasteiger partial charge in [-0.05, 0) is 32.2 Å². The fourth-order valence-electron chi connectivity index (χ4n) is 1.44. The first-order valence-electron chi connectivity index (χ1n) is 5.59. The Kier molecular flexibility index (Phi) is 7.48. The normalized spacial score (nSPS) is 14.9. The van der Waals surface area contributed by atoms with E-state index in [1.807, 2.05) is 0 Å². The molecule has 0 aromatic carbocycles. The van der Waals surface area contributed by atoms with E-state index in [-0.39, 0.29) is 11.9 Å². The molecule has 0 radical (unpaired) electrons. The van der Waals surface area contributed by atoms with Gasteiger partial charge in [0.2, 0.25) is 5.91 Å². The molecule has 3 heteroatoms. The third kappa shape index (κ3) is 6.89. The highest BCUT2D eigenvalue weighted by Gasteiger charge is 2.09. The summed E-state index contributed by atoms with van der Waals surface area (Å²) in [4.78, 5) is 11.3. The van der Waals surface area contributed by atoms with Gasteiger partial charge in [0.1, 0.15) is 0 Å². The molecule has 0 aliphatic rings. The van der Waals surface area contributed by atoms with E-state index in [0.717, 1.165) is 12.8 Å². The van der Waals surface area contributed by atoms with Gasteiger partial charge in [0.25, 0.3) is 0 Å². The lowest BCUT2D eigenvalue weighted by Crippen LogP contribution is -2.33. The Morgan fingerprint density at radius 3 is 2.57 bits per heavy atom. The van der Waals surface area contributed by atoms with Crippen molar-refractivity contribution in [3.05, 3.63) is 0 Å². The molecule has 2 unspecified atom stereocenters. The van der Waals surface area contributed by atoms with Crippen LogP contribution in [-0.4, -0.2) is 18.5 Å². The number of carbonyl (C=O) groups excluding carboxylic acids is 1. The summed E-state index contributed by atoms with van der Waals surface area (Å²) < 4.78 is 0. The van der Waals surface area contributed by atoms with Crippen LogP contribution in [0, 0.1) is 5.92 Å². The second-order valence-electron chi connectivity index (χ2n) is 4.11. The van der Waals surface area contributed by atoms with Gasteiger partial charge < -0.3 is 11.1 Å². The van der Waals surface area contributed by atoms with Crippen LogP contribution in [0.5, 0.6) is 0 Å². The maximum Gasteiger partial charge on any atom is 0.220 e. The molecule has 0 aromatic rings. The zero-order valence-corrected chi connectivity index (χ0v) is 9.68. The number of hydrogen-bond acceptors (Lipinski definition) is 2. The van der Waals surface area contributed by atoms with Crippen molar-refractivity contribution in [2.75, 3.05) is 6.54 Å². The predicted molar refractivity (Wildman–Crippen MR) is 60.0 cm³/mol. The lowest BCUT2D eigenvalue weighted by atomic mass is 10.0. The smallest absolute Gasteiger partial charge is 0.220 e. The average Bonchev–Trinajstić information content (AvgIpc) is 2.14. The van der Waals surface area contributed by atoms with Crippen LogP contribution in [0.1, 0.15) is 46.5 Å². The molecule has 0 spiro atoms. The summed E-state index contributed by atoms with van der Waals surface area (Å²) in [6.45, 7) is 7.04. The zero-order valence-electron chi connectivity index (χ0n) is 9.68. The molecule has 0 heterocycles. The summed E-state index contributed by atoms with van der Waals surface area (Å²) in [5.41, 5.74) is 5.33. The van der Waals surface area contributed by atoms with Crippen LogP contribution in [0.25, 0.3) is 0 Å². The van der Waals surface area contributed by atoms with Gasteiger partial charge in [-0.1, -0.05) is 20.3 Å². The molecule has 0 saturated carbocycles. The summed E-state index contributed by atoms with van der Waals surface area (Å²) in [7, 11) is 0. The van der Waals surface area contributed by atoms with Crippen LogP contribution < -0.4 is 11.1 Å². The number of amides is 1. The molecule has 0 aliphatic heterocycles. The fraction of sp³-hybridized carbons (Fsp3) is 0.909. The molecule has 3 nitrogen and oxygen atoms in total. The van der Waals surface area contributed by atoms with Gasteiger partial charge in [-0.3, -0.25) is 4.79 Å². The van der Waals surface area contributed by atoms with Crippen LogP contribution in [0.4, 0.5) is 0 Å². The number of nitrogens with one attached hydrogen (secondary N) is 1. The molecule has 0 bridgehead atoms. The van der Waals surface area contributed by atoms with Crippen LogP contribution in [0.3, 0.4) is 0 Å². The highest BCUT2D eigenvalue weighted by molar-refractivity contribution is 5.76. The third-order valence-corrected chi connectivity index (χ3v) is 2.47. The summed E-state index contributed by atoms with van der Waals surface area (Å²) in [6.07, 6.45) is 3.57. The Hall–Kier alpha value is -0.570. The summed E-state index contributed by atoms with van der Waals surface area (Å²) in [6, 6.07) is 0.287. The minimum atomic E-state index is 0.131. The molecule has 0 rings (SSSR count). The molecule has 14 heavy (non-hydrogen) atoms. The number of carbonyl (C=O) groups is 1. The maximum atomic E-state index is 11.3. The predicted octanol–water partition coefficient (Wildman–Crippen LogP) is 1.67. The van der Waals surface area contributed by atoms with E-state index < -0.39 is 0 Å². The third-order valence-electron chi connectivity index (χ3n) is 2.47. The van der Waals surface area contributed by atoms with E-state index in [9.17, 15) is 4.79 Å². The molecule has 1 amide bonds. The van der Waals surface area contributed by atoms with E-state index in [0.29, 0.717) is 18.9 Å². The Labute approximate surface area is 87.4 Å². The van der Waals surface area contributed by atoms with Gasteiger partial charge in [0.05, 0.1) is 0 Å². The van der Waals surface area contributed by atoms with E-state index in [4.69, 9.17) is 5.73 Å². The van der Waals surface area contributed by atoms with Gasteiger partial charge in [-0.25, -0.2) is 0 Å². The van der Waals surface area contributed by atoms with Gasteiger partial charge in [0.15, 0.2) is 0 Å². The van der Waals surface area contributed by atoms with Crippen molar-refractivity contribution in [3.63, 3.8) is 0 Å². The molecule has 0 saturated heterocycles. The second-order valence-corrected chi connectivity index (χ2v) is 4.11. The first-order valence-corrected chi connectivity index (χ1v) is 5.59. The molecular weight excluding hydrogens is 176 g/mol. The number of hydrogen-bond donors (Lipinski definition) is 2. The lowest BCUT2D eigenvalue weighted by molar-refractivity contribution is -0.121. The maximum absolute atomic E-state index is 11.3. The first-order chi connectivity index (χ1) is 6.60. The Bertz CT molecular complexity index is 159. The first kappa shape index (κ1) is 13.4. The van der Waals surface area contributed by atoms with Gasteiger partial charge in [-0.15, -0.1) is 0 Å². The van der Waals surface area contributed by atoms with Crippen molar-refractivity contribution in [1.29, 1.82) is 0 Å². The van der Waals surface area contributed by atoms with E-state index in [2.05, 4.69) is 26.1 Å². The van der Waals surface area contributed by atoms with Gasteiger partial charge in [-0.2, -0.15) is 0 Å². The van der Waals surface area contributed by atoms with Gasteiger partial charge in [0, 0.05) is 12.5 Å². The average molecular weight is 200 g/mol. The Balaban J connectivity index is 3.60. The van der Waals surface area contributed by atoms with Crippen molar-refractivity contribution in [3.8, 4) is 0 Å². The number of rotatable bonds is 7. The minimum Gasteiger partial charge on any atom is -0.354 e.